The van der Waals surface area contributed by atoms with Crippen LogP contribution in [-0.2, 0) is 0 Å². The van der Waals surface area contributed by atoms with Crippen molar-refractivity contribution in [2.24, 2.45) is 10.8 Å². The van der Waals surface area contributed by atoms with E-state index in [0.29, 0.717) is 17.4 Å². The smallest absolute Gasteiger partial charge is 0.0436 e. The van der Waals surface area contributed by atoms with Gasteiger partial charge >= 0.3 is 0 Å². The number of aliphatic hydroxyl groups is 1. The Hall–Kier alpha value is 0.250. The van der Waals surface area contributed by atoms with Gasteiger partial charge in [0.2, 0.25) is 0 Å². The molecule has 0 spiro atoms. The van der Waals surface area contributed by atoms with Crippen molar-refractivity contribution >= 4 is 11.6 Å². The minimum Gasteiger partial charge on any atom is -0.396 e. The van der Waals surface area contributed by atoms with Gasteiger partial charge in [0.25, 0.3) is 0 Å². The largest absolute Gasteiger partial charge is 0.396 e. The highest BCUT2D eigenvalue weighted by Crippen LogP contribution is 2.21. The maximum Gasteiger partial charge on any atom is 0.0436 e. The quantitative estimate of drug-likeness (QED) is 0.558. The normalized spacial score (nSPS) is 12.0. The molecule has 2 heteroatoms. The van der Waals surface area contributed by atoms with Gasteiger partial charge < -0.3 is 5.11 Å². The van der Waals surface area contributed by atoms with Gasteiger partial charge in [-0.15, -0.1) is 11.6 Å². The zero-order valence-corrected chi connectivity index (χ0v) is 12.8. The minimum absolute atomic E-state index is 0.300. The van der Waals surface area contributed by atoms with Gasteiger partial charge in [-0.3, -0.25) is 0 Å². The Morgan fingerprint density at radius 2 is 1.25 bits per heavy atom. The van der Waals surface area contributed by atoms with E-state index in [9.17, 15) is 0 Å². The summed E-state index contributed by atoms with van der Waals surface area (Å²) < 4.78 is 0. The molecule has 0 saturated carbocycles. The molecular formula is C14H31ClO. The average molecular weight is 251 g/mol. The van der Waals surface area contributed by atoms with Crippen LogP contribution in [-0.4, -0.2) is 17.6 Å². The molecule has 0 fully saturated rings. The SMILES string of the molecule is CC(C)(C)CCCCCl.CC(C)(C)CCO. The molecule has 0 unspecified atom stereocenters. The summed E-state index contributed by atoms with van der Waals surface area (Å²) in [6.07, 6.45) is 4.62. The van der Waals surface area contributed by atoms with E-state index in [1.807, 2.05) is 0 Å². The van der Waals surface area contributed by atoms with Crippen molar-refractivity contribution in [1.29, 1.82) is 0 Å². The lowest BCUT2D eigenvalue weighted by Crippen LogP contribution is -2.06. The third kappa shape index (κ3) is 23.8. The van der Waals surface area contributed by atoms with Crippen molar-refractivity contribution in [2.75, 3.05) is 12.5 Å². The highest BCUT2D eigenvalue weighted by Gasteiger charge is 2.08. The molecule has 0 bridgehead atoms. The molecule has 16 heavy (non-hydrogen) atoms. The van der Waals surface area contributed by atoms with Gasteiger partial charge in [0.1, 0.15) is 0 Å². The van der Waals surface area contributed by atoms with E-state index < -0.39 is 0 Å². The lowest BCUT2D eigenvalue weighted by Gasteiger charge is -2.16. The molecule has 0 amide bonds. The molecule has 0 atom stereocenters. The van der Waals surface area contributed by atoms with E-state index in [1.165, 1.54) is 19.3 Å². The van der Waals surface area contributed by atoms with Crippen molar-refractivity contribution in [1.82, 2.24) is 0 Å². The van der Waals surface area contributed by atoms with Crippen molar-refractivity contribution in [3.8, 4) is 0 Å². The summed E-state index contributed by atoms with van der Waals surface area (Å²) in [5.74, 6) is 0.816. The predicted octanol–water partition coefficient (Wildman–Crippen LogP) is 4.86. The lowest BCUT2D eigenvalue weighted by molar-refractivity contribution is 0.225. The van der Waals surface area contributed by atoms with Gasteiger partial charge in [-0.1, -0.05) is 48.0 Å². The van der Waals surface area contributed by atoms with E-state index in [1.54, 1.807) is 0 Å². The topological polar surface area (TPSA) is 20.2 Å². The van der Waals surface area contributed by atoms with Gasteiger partial charge in [0, 0.05) is 12.5 Å². The molecule has 0 saturated heterocycles. The van der Waals surface area contributed by atoms with Crippen LogP contribution in [0.4, 0.5) is 0 Å². The fourth-order valence-electron chi connectivity index (χ4n) is 1.09. The first-order valence-electron chi connectivity index (χ1n) is 6.29. The number of alkyl halides is 1. The van der Waals surface area contributed by atoms with Gasteiger partial charge in [-0.05, 0) is 30.1 Å². The number of halogens is 1. The summed E-state index contributed by atoms with van der Waals surface area (Å²) >= 11 is 5.53. The Balaban J connectivity index is 0. The van der Waals surface area contributed by atoms with Crippen LogP contribution in [0.25, 0.3) is 0 Å². The minimum atomic E-state index is 0.300. The summed E-state index contributed by atoms with van der Waals surface area (Å²) in [4.78, 5) is 0. The molecule has 0 aromatic heterocycles. The number of rotatable bonds is 4. The monoisotopic (exact) mass is 250 g/mol. The second kappa shape index (κ2) is 9.30. The van der Waals surface area contributed by atoms with Gasteiger partial charge in [-0.2, -0.15) is 0 Å². The first kappa shape index (κ1) is 18.6. The summed E-state index contributed by atoms with van der Waals surface area (Å²) in [5.41, 5.74) is 0.792. The Kier molecular flexibility index (Phi) is 10.8. The third-order valence-electron chi connectivity index (χ3n) is 2.17. The maximum atomic E-state index is 8.40. The maximum absolute atomic E-state index is 8.40. The van der Waals surface area contributed by atoms with E-state index in [4.69, 9.17) is 16.7 Å². The zero-order chi connectivity index (χ0) is 13.2. The Morgan fingerprint density at radius 1 is 0.812 bits per heavy atom. The van der Waals surface area contributed by atoms with E-state index in [-0.39, 0.29) is 0 Å². The van der Waals surface area contributed by atoms with Crippen LogP contribution in [0.15, 0.2) is 0 Å². The molecule has 0 aliphatic carbocycles. The van der Waals surface area contributed by atoms with Crippen molar-refractivity contribution in [3.63, 3.8) is 0 Å². The molecule has 0 aromatic rings. The molecular weight excluding hydrogens is 220 g/mol. The fraction of sp³-hybridized carbons (Fsp3) is 1.00. The molecule has 0 heterocycles. The highest BCUT2D eigenvalue weighted by molar-refractivity contribution is 6.17. The van der Waals surface area contributed by atoms with Crippen LogP contribution in [0.5, 0.6) is 0 Å². The second-order valence-electron chi connectivity index (χ2n) is 6.74. The number of hydrogen-bond acceptors (Lipinski definition) is 1. The average Bonchev–Trinajstić information content (AvgIpc) is 2.01. The first-order chi connectivity index (χ1) is 7.12. The van der Waals surface area contributed by atoms with Crippen LogP contribution in [0.2, 0.25) is 0 Å². The molecule has 1 nitrogen and oxygen atoms in total. The van der Waals surface area contributed by atoms with Gasteiger partial charge in [0.15, 0.2) is 0 Å². The summed E-state index contributed by atoms with van der Waals surface area (Å²) in [7, 11) is 0. The van der Waals surface area contributed by atoms with E-state index in [0.717, 1.165) is 12.3 Å². The Morgan fingerprint density at radius 3 is 1.44 bits per heavy atom. The molecule has 1 N–H and O–H groups in total. The summed E-state index contributed by atoms with van der Waals surface area (Å²) in [6.45, 7) is 13.4. The molecule has 0 aliphatic heterocycles. The summed E-state index contributed by atoms with van der Waals surface area (Å²) in [5, 5.41) is 8.40. The zero-order valence-electron chi connectivity index (χ0n) is 12.1. The van der Waals surface area contributed by atoms with Gasteiger partial charge in [0.05, 0.1) is 0 Å². The number of hydrogen-bond donors (Lipinski definition) is 1. The molecule has 100 valence electrons. The van der Waals surface area contributed by atoms with E-state index in [2.05, 4.69) is 41.5 Å². The van der Waals surface area contributed by atoms with Crippen molar-refractivity contribution in [2.45, 2.75) is 67.2 Å². The van der Waals surface area contributed by atoms with Gasteiger partial charge in [-0.25, -0.2) is 0 Å². The van der Waals surface area contributed by atoms with Crippen LogP contribution < -0.4 is 0 Å². The highest BCUT2D eigenvalue weighted by atomic mass is 35.5. The summed E-state index contributed by atoms with van der Waals surface area (Å²) in [6, 6.07) is 0. The molecule has 0 aromatic carbocycles. The molecule has 0 aliphatic rings. The molecule has 0 radical (unpaired) electrons. The predicted molar refractivity (Wildman–Crippen MR) is 75.2 cm³/mol. The van der Waals surface area contributed by atoms with Crippen LogP contribution in [0.3, 0.4) is 0 Å². The second-order valence-corrected chi connectivity index (χ2v) is 7.12. The van der Waals surface area contributed by atoms with Crippen LogP contribution in [0.1, 0.15) is 67.2 Å². The standard InChI is InChI=1S/C8H17Cl.C6H14O/c1-8(2,3)6-4-5-7-9;1-6(2,3)4-5-7/h4-7H2,1-3H3;7H,4-5H2,1-3H3. The lowest BCUT2D eigenvalue weighted by atomic mass is 9.90. The van der Waals surface area contributed by atoms with Crippen LogP contribution in [0, 0.1) is 10.8 Å². The van der Waals surface area contributed by atoms with Crippen molar-refractivity contribution < 1.29 is 5.11 Å². The number of aliphatic hydroxyl groups excluding tert-OH is 1. The van der Waals surface area contributed by atoms with Crippen molar-refractivity contribution in [3.05, 3.63) is 0 Å². The third-order valence-corrected chi connectivity index (χ3v) is 2.44. The van der Waals surface area contributed by atoms with Crippen LogP contribution >= 0.6 is 11.6 Å². The molecule has 0 rings (SSSR count). The number of unbranched alkanes of at least 4 members (excludes halogenated alkanes) is 1. The Bertz CT molecular complexity index is 142. The fourth-order valence-corrected chi connectivity index (χ4v) is 1.27. The first-order valence-corrected chi connectivity index (χ1v) is 6.83. The van der Waals surface area contributed by atoms with E-state index >= 15 is 0 Å². The Labute approximate surface area is 108 Å².